The molecular formula is C20H17F3N4. The number of imidazole rings is 1. The van der Waals surface area contributed by atoms with E-state index in [1.54, 1.807) is 12.1 Å². The molecule has 1 fully saturated rings. The Balaban J connectivity index is 1.62. The summed E-state index contributed by atoms with van der Waals surface area (Å²) in [4.78, 5) is 9.92. The van der Waals surface area contributed by atoms with Crippen LogP contribution in [0.3, 0.4) is 0 Å². The van der Waals surface area contributed by atoms with Crippen LogP contribution in [0.15, 0.2) is 42.5 Å². The Morgan fingerprint density at radius 1 is 1.19 bits per heavy atom. The molecule has 1 atom stereocenters. The summed E-state index contributed by atoms with van der Waals surface area (Å²) in [6.45, 7) is 1.27. The Labute approximate surface area is 154 Å². The van der Waals surface area contributed by atoms with Crippen molar-refractivity contribution in [1.29, 1.82) is 5.26 Å². The van der Waals surface area contributed by atoms with Gasteiger partial charge in [0.05, 0.1) is 28.2 Å². The van der Waals surface area contributed by atoms with Crippen molar-refractivity contribution in [2.24, 2.45) is 0 Å². The van der Waals surface area contributed by atoms with Gasteiger partial charge >= 0.3 is 6.18 Å². The number of aromatic nitrogens is 2. The molecule has 1 aliphatic heterocycles. The SMILES string of the molecule is N#Cc1ccc(N2CCCC(c3nc4ccccc4[nH]3)C2)cc1C(F)(F)F. The monoisotopic (exact) mass is 370 g/mol. The van der Waals surface area contributed by atoms with Gasteiger partial charge in [0.1, 0.15) is 5.82 Å². The molecule has 0 bridgehead atoms. The minimum absolute atomic E-state index is 0.121. The van der Waals surface area contributed by atoms with E-state index in [1.165, 1.54) is 6.07 Å². The van der Waals surface area contributed by atoms with Crippen molar-refractivity contribution in [2.45, 2.75) is 24.9 Å². The molecule has 0 saturated carbocycles. The van der Waals surface area contributed by atoms with Gasteiger partial charge in [-0.05, 0) is 43.2 Å². The molecule has 0 radical (unpaired) electrons. The number of nitrogens with one attached hydrogen (secondary N) is 1. The molecule has 4 nitrogen and oxygen atoms in total. The second kappa shape index (κ2) is 6.62. The Kier molecular flexibility index (Phi) is 4.27. The predicted molar refractivity (Wildman–Crippen MR) is 96.4 cm³/mol. The maximum Gasteiger partial charge on any atom is 0.417 e. The van der Waals surface area contributed by atoms with Gasteiger partial charge in [-0.15, -0.1) is 0 Å². The molecule has 0 amide bonds. The molecule has 1 saturated heterocycles. The molecule has 1 unspecified atom stereocenters. The van der Waals surface area contributed by atoms with Crippen LogP contribution >= 0.6 is 0 Å². The lowest BCUT2D eigenvalue weighted by Crippen LogP contribution is -2.35. The first-order chi connectivity index (χ1) is 13.0. The predicted octanol–water partition coefficient (Wildman–Crippen LogP) is 4.84. The minimum Gasteiger partial charge on any atom is -0.371 e. The van der Waals surface area contributed by atoms with Gasteiger partial charge in [-0.2, -0.15) is 18.4 Å². The summed E-state index contributed by atoms with van der Waals surface area (Å²) >= 11 is 0. The lowest BCUT2D eigenvalue weighted by Gasteiger charge is -2.34. The number of aromatic amines is 1. The number of halogens is 3. The molecule has 3 aromatic rings. The molecule has 27 heavy (non-hydrogen) atoms. The molecule has 2 heterocycles. The van der Waals surface area contributed by atoms with E-state index in [9.17, 15) is 13.2 Å². The number of hydrogen-bond donors (Lipinski definition) is 1. The first-order valence-electron chi connectivity index (χ1n) is 8.76. The highest BCUT2D eigenvalue weighted by Gasteiger charge is 2.34. The number of hydrogen-bond acceptors (Lipinski definition) is 3. The standard InChI is InChI=1S/C20H17F3N4/c21-20(22,23)16-10-15(8-7-13(16)11-24)27-9-3-4-14(12-27)19-25-17-5-1-2-6-18(17)26-19/h1-2,5-8,10,14H,3-4,9,12H2,(H,25,26). The number of anilines is 1. The zero-order valence-electron chi connectivity index (χ0n) is 14.4. The number of fused-ring (bicyclic) bond motifs is 1. The van der Waals surface area contributed by atoms with E-state index in [0.29, 0.717) is 18.8 Å². The van der Waals surface area contributed by atoms with Crippen molar-refractivity contribution in [2.75, 3.05) is 18.0 Å². The second-order valence-corrected chi connectivity index (χ2v) is 6.76. The average molecular weight is 370 g/mol. The average Bonchev–Trinajstić information content (AvgIpc) is 3.11. The van der Waals surface area contributed by atoms with Crippen molar-refractivity contribution >= 4 is 16.7 Å². The molecule has 1 aromatic heterocycles. The van der Waals surface area contributed by atoms with E-state index >= 15 is 0 Å². The van der Waals surface area contributed by atoms with Crippen molar-refractivity contribution in [3.63, 3.8) is 0 Å². The van der Waals surface area contributed by atoms with Crippen LogP contribution in [-0.2, 0) is 6.18 Å². The van der Waals surface area contributed by atoms with Gasteiger partial charge in [0.15, 0.2) is 0 Å². The summed E-state index contributed by atoms with van der Waals surface area (Å²) in [7, 11) is 0. The zero-order chi connectivity index (χ0) is 19.0. The third-order valence-corrected chi connectivity index (χ3v) is 5.01. The molecule has 138 valence electrons. The summed E-state index contributed by atoms with van der Waals surface area (Å²) in [5.74, 6) is 0.988. The van der Waals surface area contributed by atoms with Crippen LogP contribution in [0.4, 0.5) is 18.9 Å². The van der Waals surface area contributed by atoms with Crippen molar-refractivity contribution in [3.05, 3.63) is 59.4 Å². The molecule has 0 spiro atoms. The van der Waals surface area contributed by atoms with Crippen LogP contribution in [0.5, 0.6) is 0 Å². The van der Waals surface area contributed by atoms with Crippen LogP contribution < -0.4 is 4.90 Å². The van der Waals surface area contributed by atoms with Gasteiger partial charge in [-0.3, -0.25) is 0 Å². The Hall–Kier alpha value is -3.01. The van der Waals surface area contributed by atoms with Gasteiger partial charge in [-0.25, -0.2) is 4.98 Å². The quantitative estimate of drug-likeness (QED) is 0.702. The smallest absolute Gasteiger partial charge is 0.371 e. The summed E-state index contributed by atoms with van der Waals surface area (Å²) in [5.41, 5.74) is 1.11. The van der Waals surface area contributed by atoms with Crippen molar-refractivity contribution in [1.82, 2.24) is 9.97 Å². The van der Waals surface area contributed by atoms with Gasteiger partial charge < -0.3 is 9.88 Å². The fourth-order valence-electron chi connectivity index (χ4n) is 3.66. The lowest BCUT2D eigenvalue weighted by molar-refractivity contribution is -0.137. The summed E-state index contributed by atoms with van der Waals surface area (Å²) < 4.78 is 39.8. The number of rotatable bonds is 2. The van der Waals surface area contributed by atoms with E-state index in [4.69, 9.17) is 5.26 Å². The summed E-state index contributed by atoms with van der Waals surface area (Å²) in [6.07, 6.45) is -2.75. The van der Waals surface area contributed by atoms with Gasteiger partial charge in [0.25, 0.3) is 0 Å². The summed E-state index contributed by atoms with van der Waals surface area (Å²) in [5, 5.41) is 8.97. The molecule has 1 aliphatic rings. The topological polar surface area (TPSA) is 55.7 Å². The van der Waals surface area contributed by atoms with Crippen LogP contribution in [0.1, 0.15) is 35.7 Å². The second-order valence-electron chi connectivity index (χ2n) is 6.76. The molecular weight excluding hydrogens is 353 g/mol. The summed E-state index contributed by atoms with van der Waals surface area (Å²) in [6, 6.07) is 13.3. The molecule has 0 aliphatic carbocycles. The number of para-hydroxylation sites is 2. The maximum atomic E-state index is 13.3. The van der Waals surface area contributed by atoms with Crippen LogP contribution in [0.2, 0.25) is 0 Å². The van der Waals surface area contributed by atoms with Gasteiger partial charge in [0, 0.05) is 24.7 Å². The molecule has 2 aromatic carbocycles. The fourth-order valence-corrected chi connectivity index (χ4v) is 3.66. The van der Waals surface area contributed by atoms with E-state index in [0.717, 1.165) is 35.8 Å². The van der Waals surface area contributed by atoms with Crippen LogP contribution in [0, 0.1) is 11.3 Å². The normalized spacial score (nSPS) is 17.9. The number of H-pyrrole nitrogens is 1. The third-order valence-electron chi connectivity index (χ3n) is 5.01. The first-order valence-corrected chi connectivity index (χ1v) is 8.76. The highest BCUT2D eigenvalue weighted by Crippen LogP contribution is 2.36. The lowest BCUT2D eigenvalue weighted by atomic mass is 9.96. The highest BCUT2D eigenvalue weighted by molar-refractivity contribution is 5.74. The van der Waals surface area contributed by atoms with Crippen LogP contribution in [0.25, 0.3) is 11.0 Å². The van der Waals surface area contributed by atoms with Gasteiger partial charge in [-0.1, -0.05) is 12.1 Å². The molecule has 1 N–H and O–H groups in total. The maximum absolute atomic E-state index is 13.3. The number of nitrogens with zero attached hydrogens (tertiary/aromatic N) is 3. The largest absolute Gasteiger partial charge is 0.417 e. The Bertz CT molecular complexity index is 983. The van der Waals surface area contributed by atoms with E-state index < -0.39 is 11.7 Å². The highest BCUT2D eigenvalue weighted by atomic mass is 19.4. The van der Waals surface area contributed by atoms with E-state index in [1.807, 2.05) is 29.2 Å². The third kappa shape index (κ3) is 3.35. The van der Waals surface area contributed by atoms with E-state index in [-0.39, 0.29) is 11.5 Å². The molecule has 7 heteroatoms. The Morgan fingerprint density at radius 2 is 2.00 bits per heavy atom. The number of nitriles is 1. The first kappa shape index (κ1) is 17.4. The fraction of sp³-hybridized carbons (Fsp3) is 0.300. The number of alkyl halides is 3. The number of piperidine rings is 1. The van der Waals surface area contributed by atoms with E-state index in [2.05, 4.69) is 9.97 Å². The zero-order valence-corrected chi connectivity index (χ0v) is 14.4. The van der Waals surface area contributed by atoms with Crippen LogP contribution in [-0.4, -0.2) is 23.1 Å². The van der Waals surface area contributed by atoms with Crippen molar-refractivity contribution in [3.8, 4) is 6.07 Å². The minimum atomic E-state index is -4.55. The Morgan fingerprint density at radius 3 is 2.74 bits per heavy atom. The van der Waals surface area contributed by atoms with Gasteiger partial charge in [0.2, 0.25) is 0 Å². The molecule has 4 rings (SSSR count). The number of benzene rings is 2. The van der Waals surface area contributed by atoms with Crippen molar-refractivity contribution < 1.29 is 13.2 Å².